The summed E-state index contributed by atoms with van der Waals surface area (Å²) in [5.74, 6) is -0.536. The first-order chi connectivity index (χ1) is 15.1. The monoisotopic (exact) mass is 471 g/mol. The van der Waals surface area contributed by atoms with Gasteiger partial charge in [0, 0.05) is 0 Å². The van der Waals surface area contributed by atoms with E-state index in [1.807, 2.05) is 0 Å². The summed E-state index contributed by atoms with van der Waals surface area (Å²) in [7, 11) is -3.95. The predicted octanol–water partition coefficient (Wildman–Crippen LogP) is 4.33. The van der Waals surface area contributed by atoms with Gasteiger partial charge in [-0.1, -0.05) is 0 Å². The average Bonchev–Trinajstić information content (AvgIpc) is 3.27. The minimum absolute atomic E-state index is 0.0741. The second-order valence-electron chi connectivity index (χ2n) is 6.39. The predicted molar refractivity (Wildman–Crippen MR) is 103 cm³/mol. The molecule has 1 N–H and O–H groups in total. The summed E-state index contributed by atoms with van der Waals surface area (Å²) in [5, 5.41) is 9.95. The summed E-state index contributed by atoms with van der Waals surface area (Å²) in [4.78, 5) is 10.8. The molecule has 1 amide bonds. The molecule has 1 unspecified atom stereocenters. The van der Waals surface area contributed by atoms with Crippen molar-refractivity contribution in [2.75, 3.05) is 5.75 Å². The number of sulfone groups is 1. The van der Waals surface area contributed by atoms with Gasteiger partial charge in [0.15, 0.2) is 9.84 Å². The zero-order valence-corrected chi connectivity index (χ0v) is 16.9. The Kier molecular flexibility index (Phi) is 6.75. The zero-order chi connectivity index (χ0) is 23.4. The maximum atomic E-state index is 12.7. The number of amides is 1. The molecule has 8 nitrogen and oxygen atoms in total. The van der Waals surface area contributed by atoms with Crippen LogP contribution in [0.25, 0.3) is 0 Å². The van der Waals surface area contributed by atoms with E-state index in [9.17, 15) is 31.6 Å². The molecule has 1 heterocycles. The fraction of sp³-hybridized carbons (Fsp3) is 0.150. The lowest BCUT2D eigenvalue weighted by Crippen LogP contribution is -2.29. The Bertz CT molecular complexity index is 1130. The molecule has 12 heteroatoms. The Hall–Kier alpha value is -3.51. The summed E-state index contributed by atoms with van der Waals surface area (Å²) in [5.41, 5.74) is 0. The molecule has 0 aliphatic carbocycles. The van der Waals surface area contributed by atoms with Crippen LogP contribution in [0.2, 0.25) is 0 Å². The van der Waals surface area contributed by atoms with Gasteiger partial charge in [-0.15, -0.1) is 13.2 Å². The van der Waals surface area contributed by atoms with E-state index in [2.05, 4.69) is 4.74 Å². The number of halogens is 3. The van der Waals surface area contributed by atoms with Crippen LogP contribution in [-0.2, 0) is 14.6 Å². The van der Waals surface area contributed by atoms with Crippen LogP contribution in [0.4, 0.5) is 13.2 Å². The van der Waals surface area contributed by atoms with Gasteiger partial charge in [-0.3, -0.25) is 10.0 Å². The van der Waals surface area contributed by atoms with Gasteiger partial charge in [0.25, 0.3) is 0 Å². The molecule has 1 atom stereocenters. The van der Waals surface area contributed by atoms with Gasteiger partial charge in [-0.05, 0) is 60.7 Å². The number of benzene rings is 2. The number of alkyl halides is 3. The summed E-state index contributed by atoms with van der Waals surface area (Å²) in [6.07, 6.45) is -3.45. The maximum absolute atomic E-state index is 12.7. The highest BCUT2D eigenvalue weighted by molar-refractivity contribution is 7.91. The highest BCUT2D eigenvalue weighted by Crippen LogP contribution is 2.29. The first-order valence-electron chi connectivity index (χ1n) is 8.90. The van der Waals surface area contributed by atoms with E-state index in [1.54, 1.807) is 0 Å². The van der Waals surface area contributed by atoms with Crippen LogP contribution in [0.15, 0.2) is 76.2 Å². The number of hydrogen-bond donors (Lipinski definition) is 1. The van der Waals surface area contributed by atoms with E-state index in [-0.39, 0.29) is 33.6 Å². The van der Waals surface area contributed by atoms with Crippen LogP contribution in [-0.4, -0.2) is 37.2 Å². The SMILES string of the molecule is O=CN(O)C(CS(=O)(=O)c1ccc(Oc2ccc(OC(F)(F)F)cc2)cc1)c1ccco1. The molecule has 0 spiro atoms. The largest absolute Gasteiger partial charge is 0.573 e. The summed E-state index contributed by atoms with van der Waals surface area (Å²) < 4.78 is 76.5. The topological polar surface area (TPSA) is 106 Å². The smallest absolute Gasteiger partial charge is 0.467 e. The van der Waals surface area contributed by atoms with Gasteiger partial charge in [0.05, 0.1) is 16.9 Å². The summed E-state index contributed by atoms with van der Waals surface area (Å²) >= 11 is 0. The standard InChI is InChI=1S/C20H16F3NO7S/c21-20(22,23)31-16-5-3-14(4-6-16)30-15-7-9-17(10-8-15)32(27,28)12-18(24(26)13-25)19-2-1-11-29-19/h1-11,13,18,26H,12H2. The van der Waals surface area contributed by atoms with Crippen LogP contribution in [0, 0.1) is 0 Å². The molecule has 32 heavy (non-hydrogen) atoms. The van der Waals surface area contributed by atoms with Crippen molar-refractivity contribution in [1.82, 2.24) is 5.06 Å². The van der Waals surface area contributed by atoms with Crippen LogP contribution in [0.1, 0.15) is 11.8 Å². The second-order valence-corrected chi connectivity index (χ2v) is 8.42. The fourth-order valence-electron chi connectivity index (χ4n) is 2.71. The molecular weight excluding hydrogens is 455 g/mol. The molecule has 0 saturated heterocycles. The number of carbonyl (C=O) groups excluding carboxylic acids is 1. The quantitative estimate of drug-likeness (QED) is 0.281. The highest BCUT2D eigenvalue weighted by atomic mass is 32.2. The zero-order valence-electron chi connectivity index (χ0n) is 16.1. The Balaban J connectivity index is 1.71. The Morgan fingerprint density at radius 1 is 1.00 bits per heavy atom. The fourth-order valence-corrected chi connectivity index (χ4v) is 4.18. The van der Waals surface area contributed by atoms with Crippen molar-refractivity contribution in [3.8, 4) is 17.2 Å². The molecule has 2 aromatic carbocycles. The Morgan fingerprint density at radius 3 is 2.06 bits per heavy atom. The van der Waals surface area contributed by atoms with Gasteiger partial charge in [0.1, 0.15) is 29.1 Å². The molecule has 1 aromatic heterocycles. The minimum atomic E-state index is -4.81. The van der Waals surface area contributed by atoms with Crippen molar-refractivity contribution in [2.24, 2.45) is 0 Å². The van der Waals surface area contributed by atoms with Crippen molar-refractivity contribution >= 4 is 16.2 Å². The van der Waals surface area contributed by atoms with E-state index in [0.717, 1.165) is 12.1 Å². The number of rotatable bonds is 9. The van der Waals surface area contributed by atoms with E-state index < -0.39 is 33.7 Å². The lowest BCUT2D eigenvalue weighted by Gasteiger charge is -2.20. The van der Waals surface area contributed by atoms with Gasteiger partial charge in [-0.2, -0.15) is 0 Å². The number of hydroxylamine groups is 2. The first kappa shape index (κ1) is 23.2. The number of hydrogen-bond acceptors (Lipinski definition) is 7. The van der Waals surface area contributed by atoms with Gasteiger partial charge in [-0.25, -0.2) is 13.5 Å². The molecular formula is C20H16F3NO7S. The summed E-state index contributed by atoms with van der Waals surface area (Å²) in [6, 6.07) is 11.5. The normalized spacial score (nSPS) is 12.8. The molecule has 0 aliphatic rings. The van der Waals surface area contributed by atoms with E-state index in [0.29, 0.717) is 0 Å². The van der Waals surface area contributed by atoms with Crippen LogP contribution in [0.3, 0.4) is 0 Å². The highest BCUT2D eigenvalue weighted by Gasteiger charge is 2.31. The second kappa shape index (κ2) is 9.32. The maximum Gasteiger partial charge on any atom is 0.573 e. The molecule has 3 aromatic rings. The average molecular weight is 471 g/mol. The van der Waals surface area contributed by atoms with Crippen molar-refractivity contribution in [3.63, 3.8) is 0 Å². The number of carbonyl (C=O) groups is 1. The van der Waals surface area contributed by atoms with Crippen molar-refractivity contribution in [2.45, 2.75) is 17.3 Å². The first-order valence-corrected chi connectivity index (χ1v) is 10.5. The van der Waals surface area contributed by atoms with Crippen LogP contribution < -0.4 is 9.47 Å². The molecule has 0 bridgehead atoms. The lowest BCUT2D eigenvalue weighted by atomic mass is 10.2. The van der Waals surface area contributed by atoms with Crippen molar-refractivity contribution in [3.05, 3.63) is 72.7 Å². The molecule has 0 saturated carbocycles. The molecule has 0 aliphatic heterocycles. The van der Waals surface area contributed by atoms with E-state index >= 15 is 0 Å². The molecule has 0 radical (unpaired) electrons. The molecule has 0 fully saturated rings. The lowest BCUT2D eigenvalue weighted by molar-refractivity contribution is -0.274. The van der Waals surface area contributed by atoms with Gasteiger partial charge in [0.2, 0.25) is 6.41 Å². The third-order valence-corrected chi connectivity index (χ3v) is 5.90. The Labute approximate surface area is 180 Å². The minimum Gasteiger partial charge on any atom is -0.467 e. The van der Waals surface area contributed by atoms with Gasteiger partial charge >= 0.3 is 6.36 Å². The van der Waals surface area contributed by atoms with Crippen molar-refractivity contribution in [1.29, 1.82) is 0 Å². The molecule has 3 rings (SSSR count). The van der Waals surface area contributed by atoms with E-state index in [4.69, 9.17) is 9.15 Å². The van der Waals surface area contributed by atoms with Crippen LogP contribution >= 0.6 is 0 Å². The number of ether oxygens (including phenoxy) is 2. The van der Waals surface area contributed by atoms with Gasteiger partial charge < -0.3 is 13.9 Å². The Morgan fingerprint density at radius 2 is 1.56 bits per heavy atom. The number of nitrogens with zero attached hydrogens (tertiary/aromatic N) is 1. The number of furan rings is 1. The molecule has 170 valence electrons. The third-order valence-electron chi connectivity index (χ3n) is 4.15. The summed E-state index contributed by atoms with van der Waals surface area (Å²) in [6.45, 7) is 0. The van der Waals surface area contributed by atoms with Crippen molar-refractivity contribution < 1.29 is 45.5 Å². The van der Waals surface area contributed by atoms with Crippen LogP contribution in [0.5, 0.6) is 17.2 Å². The van der Waals surface area contributed by atoms with E-state index in [1.165, 1.54) is 54.8 Å². The third kappa shape index (κ3) is 6.02.